The number of amides is 1. The molecule has 0 aliphatic carbocycles. The van der Waals surface area contributed by atoms with E-state index in [0.29, 0.717) is 48.5 Å². The predicted octanol–water partition coefficient (Wildman–Crippen LogP) is 3.57. The Hall–Kier alpha value is -2.93. The van der Waals surface area contributed by atoms with Gasteiger partial charge in [-0.1, -0.05) is 23.7 Å². The molecule has 1 aliphatic rings. The molecule has 1 fully saturated rings. The third-order valence-corrected chi connectivity index (χ3v) is 5.24. The number of hydrogen-bond donors (Lipinski definition) is 2. The average Bonchev–Trinajstić information content (AvgIpc) is 2.71. The predicted molar refractivity (Wildman–Crippen MR) is 107 cm³/mol. The zero-order valence-electron chi connectivity index (χ0n) is 14.9. The average molecular weight is 401 g/mol. The van der Waals surface area contributed by atoms with Gasteiger partial charge in [0.2, 0.25) is 11.9 Å². The molecule has 1 amide bonds. The molecule has 3 aromatic rings. The van der Waals surface area contributed by atoms with Crippen molar-refractivity contribution in [1.82, 2.24) is 9.97 Å². The number of rotatable bonds is 3. The summed E-state index contributed by atoms with van der Waals surface area (Å²) in [6.45, 7) is 1.20. The summed E-state index contributed by atoms with van der Waals surface area (Å²) < 4.78 is 13.2. The summed E-state index contributed by atoms with van der Waals surface area (Å²) in [5.74, 6) is -0.299. The lowest BCUT2D eigenvalue weighted by molar-refractivity contribution is -0.120. The molecule has 2 N–H and O–H groups in total. The van der Waals surface area contributed by atoms with Gasteiger partial charge in [0.1, 0.15) is 5.82 Å². The standard InChI is InChI=1S/C20H18ClFN4O2/c21-15-11-13(5-6-16(15)22)23-18(27)12-7-9-26(10-8-12)20-24-17-4-2-1-3-14(17)19(28)25-20/h1-6,11-12H,7-10H2,(H,23,27)(H,24,25,28). The Bertz CT molecular complexity index is 1090. The van der Waals surface area contributed by atoms with E-state index in [1.807, 2.05) is 17.0 Å². The van der Waals surface area contributed by atoms with E-state index in [1.54, 1.807) is 12.1 Å². The van der Waals surface area contributed by atoms with Crippen LogP contribution in [0, 0.1) is 11.7 Å². The molecule has 0 radical (unpaired) electrons. The van der Waals surface area contributed by atoms with E-state index in [9.17, 15) is 14.0 Å². The summed E-state index contributed by atoms with van der Waals surface area (Å²) in [5.41, 5.74) is 0.947. The zero-order valence-corrected chi connectivity index (χ0v) is 15.7. The van der Waals surface area contributed by atoms with Gasteiger partial charge in [-0.15, -0.1) is 0 Å². The molecule has 1 aliphatic heterocycles. The smallest absolute Gasteiger partial charge is 0.260 e. The van der Waals surface area contributed by atoms with Crippen molar-refractivity contribution in [3.8, 4) is 0 Å². The van der Waals surface area contributed by atoms with Gasteiger partial charge in [-0.3, -0.25) is 14.6 Å². The number of benzene rings is 2. The van der Waals surface area contributed by atoms with Gasteiger partial charge >= 0.3 is 0 Å². The molecule has 4 rings (SSSR count). The van der Waals surface area contributed by atoms with Gasteiger partial charge in [-0.2, -0.15) is 0 Å². The molecule has 0 bridgehead atoms. The van der Waals surface area contributed by atoms with E-state index in [2.05, 4.69) is 15.3 Å². The lowest BCUT2D eigenvalue weighted by Crippen LogP contribution is -2.39. The largest absolute Gasteiger partial charge is 0.342 e. The lowest BCUT2D eigenvalue weighted by Gasteiger charge is -2.31. The van der Waals surface area contributed by atoms with Crippen LogP contribution in [0.15, 0.2) is 47.3 Å². The molecular weight excluding hydrogens is 383 g/mol. The molecule has 1 aromatic heterocycles. The Balaban J connectivity index is 1.42. The Kier molecular flexibility index (Phi) is 5.00. The van der Waals surface area contributed by atoms with Crippen LogP contribution < -0.4 is 15.8 Å². The highest BCUT2D eigenvalue weighted by Crippen LogP contribution is 2.24. The van der Waals surface area contributed by atoms with Crippen LogP contribution in [0.5, 0.6) is 0 Å². The molecule has 8 heteroatoms. The van der Waals surface area contributed by atoms with Gasteiger partial charge in [-0.05, 0) is 43.2 Å². The first-order chi connectivity index (χ1) is 13.5. The van der Waals surface area contributed by atoms with Gasteiger partial charge in [0.25, 0.3) is 5.56 Å². The van der Waals surface area contributed by atoms with Crippen molar-refractivity contribution in [2.24, 2.45) is 5.92 Å². The number of nitrogens with one attached hydrogen (secondary N) is 2. The Morgan fingerprint density at radius 2 is 1.96 bits per heavy atom. The third kappa shape index (κ3) is 3.71. The first kappa shape index (κ1) is 18.4. The first-order valence-electron chi connectivity index (χ1n) is 9.01. The maximum Gasteiger partial charge on any atom is 0.260 e. The SMILES string of the molecule is O=C(Nc1ccc(F)c(Cl)c1)C1CCN(c2nc3ccccc3c(=O)[nH]2)CC1. The summed E-state index contributed by atoms with van der Waals surface area (Å²) >= 11 is 5.76. The lowest BCUT2D eigenvalue weighted by atomic mass is 9.96. The number of aromatic amines is 1. The number of H-pyrrole nitrogens is 1. The van der Waals surface area contributed by atoms with Gasteiger partial charge in [-0.25, -0.2) is 9.37 Å². The van der Waals surface area contributed by atoms with Crippen molar-refractivity contribution in [2.45, 2.75) is 12.8 Å². The van der Waals surface area contributed by atoms with Crippen molar-refractivity contribution in [2.75, 3.05) is 23.3 Å². The summed E-state index contributed by atoms with van der Waals surface area (Å²) in [7, 11) is 0. The van der Waals surface area contributed by atoms with Crippen LogP contribution in [0.25, 0.3) is 10.9 Å². The molecule has 144 valence electrons. The third-order valence-electron chi connectivity index (χ3n) is 4.95. The summed E-state index contributed by atoms with van der Waals surface area (Å²) in [4.78, 5) is 34.1. The maximum atomic E-state index is 13.2. The molecule has 6 nitrogen and oxygen atoms in total. The summed E-state index contributed by atoms with van der Waals surface area (Å²) in [6.07, 6.45) is 1.24. The fraction of sp³-hybridized carbons (Fsp3) is 0.250. The Labute approximate surface area is 165 Å². The quantitative estimate of drug-likeness (QED) is 0.704. The highest BCUT2D eigenvalue weighted by Gasteiger charge is 2.26. The van der Waals surface area contributed by atoms with Crippen molar-refractivity contribution in [3.63, 3.8) is 0 Å². The van der Waals surface area contributed by atoms with Crippen molar-refractivity contribution >= 4 is 40.0 Å². The molecule has 0 saturated carbocycles. The number of carbonyl (C=O) groups is 1. The topological polar surface area (TPSA) is 78.1 Å². The minimum Gasteiger partial charge on any atom is -0.342 e. The second-order valence-electron chi connectivity index (χ2n) is 6.79. The van der Waals surface area contributed by atoms with Gasteiger partial charge < -0.3 is 10.2 Å². The highest BCUT2D eigenvalue weighted by molar-refractivity contribution is 6.31. The number of carbonyl (C=O) groups excluding carboxylic acids is 1. The molecule has 28 heavy (non-hydrogen) atoms. The van der Waals surface area contributed by atoms with Crippen LogP contribution in [-0.4, -0.2) is 29.0 Å². The number of fused-ring (bicyclic) bond motifs is 1. The zero-order chi connectivity index (χ0) is 19.7. The number of piperidine rings is 1. The molecule has 2 heterocycles. The summed E-state index contributed by atoms with van der Waals surface area (Å²) in [6, 6.07) is 11.3. The van der Waals surface area contributed by atoms with E-state index in [-0.39, 0.29) is 22.4 Å². The Morgan fingerprint density at radius 3 is 2.71 bits per heavy atom. The van der Waals surface area contributed by atoms with Crippen LogP contribution in [0.2, 0.25) is 5.02 Å². The number of hydrogen-bond acceptors (Lipinski definition) is 4. The van der Waals surface area contributed by atoms with Crippen LogP contribution in [0.1, 0.15) is 12.8 Å². The highest BCUT2D eigenvalue weighted by atomic mass is 35.5. The minimum atomic E-state index is -0.523. The second-order valence-corrected chi connectivity index (χ2v) is 7.19. The van der Waals surface area contributed by atoms with Gasteiger partial charge in [0.05, 0.1) is 15.9 Å². The van der Waals surface area contributed by atoms with Crippen LogP contribution >= 0.6 is 11.6 Å². The number of anilines is 2. The Morgan fingerprint density at radius 1 is 1.21 bits per heavy atom. The van der Waals surface area contributed by atoms with Crippen molar-refractivity contribution in [3.05, 3.63) is 63.7 Å². The number of aromatic nitrogens is 2. The van der Waals surface area contributed by atoms with E-state index in [0.717, 1.165) is 0 Å². The van der Waals surface area contributed by atoms with Crippen molar-refractivity contribution < 1.29 is 9.18 Å². The van der Waals surface area contributed by atoms with E-state index in [1.165, 1.54) is 18.2 Å². The molecular formula is C20H18ClFN4O2. The maximum absolute atomic E-state index is 13.2. The molecule has 1 saturated heterocycles. The number of nitrogens with zero attached hydrogens (tertiary/aromatic N) is 2. The van der Waals surface area contributed by atoms with Crippen LogP contribution in [-0.2, 0) is 4.79 Å². The van der Waals surface area contributed by atoms with E-state index >= 15 is 0 Å². The van der Waals surface area contributed by atoms with Gasteiger partial charge in [0.15, 0.2) is 0 Å². The van der Waals surface area contributed by atoms with E-state index < -0.39 is 5.82 Å². The number of halogens is 2. The van der Waals surface area contributed by atoms with Gasteiger partial charge in [0, 0.05) is 24.7 Å². The van der Waals surface area contributed by atoms with Crippen LogP contribution in [0.3, 0.4) is 0 Å². The first-order valence-corrected chi connectivity index (χ1v) is 9.39. The fourth-order valence-electron chi connectivity index (χ4n) is 3.40. The molecule has 2 aromatic carbocycles. The fourth-order valence-corrected chi connectivity index (χ4v) is 3.58. The molecule has 0 spiro atoms. The minimum absolute atomic E-state index is 0.0287. The summed E-state index contributed by atoms with van der Waals surface area (Å²) in [5, 5.41) is 3.31. The monoisotopic (exact) mass is 400 g/mol. The van der Waals surface area contributed by atoms with Crippen molar-refractivity contribution in [1.29, 1.82) is 0 Å². The second kappa shape index (κ2) is 7.59. The normalized spacial score (nSPS) is 15.0. The molecule has 0 unspecified atom stereocenters. The van der Waals surface area contributed by atoms with E-state index in [4.69, 9.17) is 11.6 Å². The molecule has 0 atom stereocenters. The van der Waals surface area contributed by atoms with Crippen LogP contribution in [0.4, 0.5) is 16.0 Å². The number of para-hydroxylation sites is 1.